The average Bonchev–Trinajstić information content (AvgIpc) is 2.75. The summed E-state index contributed by atoms with van der Waals surface area (Å²) in [6.45, 7) is 0. The number of nitrogens with two attached hydrogens (primary N) is 1. The van der Waals surface area contributed by atoms with Crippen LogP contribution in [-0.2, 0) is 0 Å². The van der Waals surface area contributed by atoms with Crippen LogP contribution >= 0.6 is 0 Å². The molecule has 2 aromatic rings. The van der Waals surface area contributed by atoms with Gasteiger partial charge in [0.25, 0.3) is 5.91 Å². The highest BCUT2D eigenvalue weighted by atomic mass is 16.4. The van der Waals surface area contributed by atoms with Gasteiger partial charge < -0.3 is 14.6 Å². The van der Waals surface area contributed by atoms with Gasteiger partial charge in [-0.3, -0.25) is 4.79 Å². The smallest absolute Gasteiger partial charge is 0.284 e. The Kier molecular flexibility index (Phi) is 1.66. The zero-order chi connectivity index (χ0) is 9.26. The van der Waals surface area contributed by atoms with E-state index in [1.807, 2.05) is 0 Å². The lowest BCUT2D eigenvalue weighted by molar-refractivity contribution is 0.0974. The van der Waals surface area contributed by atoms with E-state index in [1.165, 1.54) is 12.3 Å². The zero-order valence-corrected chi connectivity index (χ0v) is 6.69. The number of hydrogen-bond acceptors (Lipinski definition) is 3. The van der Waals surface area contributed by atoms with Gasteiger partial charge in [0.2, 0.25) is 0 Å². The fourth-order valence-electron chi connectivity index (χ4n) is 1.02. The second-order valence-electron chi connectivity index (χ2n) is 2.51. The van der Waals surface area contributed by atoms with Gasteiger partial charge >= 0.3 is 0 Å². The van der Waals surface area contributed by atoms with Crippen molar-refractivity contribution in [1.29, 1.82) is 0 Å². The lowest BCUT2D eigenvalue weighted by atomic mass is 10.3. The summed E-state index contributed by atoms with van der Waals surface area (Å²) in [5.41, 5.74) is 5.02. The minimum atomic E-state index is -0.585. The van der Waals surface area contributed by atoms with Crippen molar-refractivity contribution in [3.05, 3.63) is 36.3 Å². The quantitative estimate of drug-likeness (QED) is 0.757. The molecule has 0 aromatic carbocycles. The molecule has 0 fully saturated rings. The molecule has 0 atom stereocenters. The van der Waals surface area contributed by atoms with Crippen molar-refractivity contribution in [2.75, 3.05) is 0 Å². The van der Waals surface area contributed by atoms with Gasteiger partial charge in [-0.15, -0.1) is 0 Å². The molecule has 13 heavy (non-hydrogen) atoms. The Morgan fingerprint density at radius 3 is 2.62 bits per heavy atom. The molecule has 1 amide bonds. The maximum atomic E-state index is 10.7. The predicted octanol–water partition coefficient (Wildman–Crippen LogP) is 1.64. The zero-order valence-electron chi connectivity index (χ0n) is 6.69. The first-order valence-corrected chi connectivity index (χ1v) is 3.71. The molecular weight excluding hydrogens is 170 g/mol. The first-order valence-electron chi connectivity index (χ1n) is 3.71. The van der Waals surface area contributed by atoms with Crippen LogP contribution in [0.1, 0.15) is 10.6 Å². The van der Waals surface area contributed by atoms with Crippen molar-refractivity contribution >= 4 is 5.91 Å². The van der Waals surface area contributed by atoms with Crippen LogP contribution < -0.4 is 5.73 Å². The maximum absolute atomic E-state index is 10.7. The summed E-state index contributed by atoms with van der Waals surface area (Å²) >= 11 is 0. The van der Waals surface area contributed by atoms with Gasteiger partial charge in [0.15, 0.2) is 17.3 Å². The summed E-state index contributed by atoms with van der Waals surface area (Å²) in [6, 6.07) is 6.63. The van der Waals surface area contributed by atoms with Crippen LogP contribution in [0.5, 0.6) is 0 Å². The van der Waals surface area contributed by atoms with Gasteiger partial charge in [-0.25, -0.2) is 0 Å². The standard InChI is InChI=1S/C9H7NO3/c10-9(11)8-4-3-7(13-8)6-2-1-5-12-6/h1-5H,(H2,10,11). The summed E-state index contributed by atoms with van der Waals surface area (Å²) in [7, 11) is 0. The topological polar surface area (TPSA) is 69.4 Å². The lowest BCUT2D eigenvalue weighted by Crippen LogP contribution is -2.08. The first-order chi connectivity index (χ1) is 6.27. The van der Waals surface area contributed by atoms with E-state index in [1.54, 1.807) is 18.2 Å². The van der Waals surface area contributed by atoms with Crippen molar-refractivity contribution in [1.82, 2.24) is 0 Å². The maximum Gasteiger partial charge on any atom is 0.284 e. The number of primary amides is 1. The predicted molar refractivity (Wildman–Crippen MR) is 44.9 cm³/mol. The number of carbonyl (C=O) groups excluding carboxylic acids is 1. The molecule has 0 saturated carbocycles. The molecule has 0 aliphatic heterocycles. The Labute approximate surface area is 73.9 Å². The minimum Gasteiger partial charge on any atom is -0.461 e. The SMILES string of the molecule is NC(=O)c1ccc(-c2ccco2)o1. The third kappa shape index (κ3) is 1.33. The minimum absolute atomic E-state index is 0.131. The summed E-state index contributed by atoms with van der Waals surface area (Å²) < 4.78 is 10.2. The van der Waals surface area contributed by atoms with Gasteiger partial charge in [0.05, 0.1) is 6.26 Å². The largest absolute Gasteiger partial charge is 0.461 e. The van der Waals surface area contributed by atoms with Gasteiger partial charge in [-0.1, -0.05) is 0 Å². The molecule has 0 aliphatic carbocycles. The van der Waals surface area contributed by atoms with Crippen molar-refractivity contribution in [2.45, 2.75) is 0 Å². The number of furan rings is 2. The number of hydrogen-bond donors (Lipinski definition) is 1. The molecule has 0 unspecified atom stereocenters. The molecule has 0 bridgehead atoms. The molecular formula is C9H7NO3. The average molecular weight is 177 g/mol. The van der Waals surface area contributed by atoms with Crippen LogP contribution in [0, 0.1) is 0 Å². The van der Waals surface area contributed by atoms with Crippen LogP contribution in [0.4, 0.5) is 0 Å². The van der Waals surface area contributed by atoms with E-state index in [4.69, 9.17) is 14.6 Å². The molecule has 2 rings (SSSR count). The highest BCUT2D eigenvalue weighted by Gasteiger charge is 2.09. The van der Waals surface area contributed by atoms with E-state index >= 15 is 0 Å². The van der Waals surface area contributed by atoms with E-state index in [9.17, 15) is 4.79 Å². The number of amides is 1. The van der Waals surface area contributed by atoms with Gasteiger partial charge in [-0.2, -0.15) is 0 Å². The molecule has 4 heteroatoms. The monoisotopic (exact) mass is 177 g/mol. The highest BCUT2D eigenvalue weighted by molar-refractivity contribution is 5.90. The second-order valence-corrected chi connectivity index (χ2v) is 2.51. The molecule has 0 aliphatic rings. The van der Waals surface area contributed by atoms with E-state index < -0.39 is 5.91 Å². The first kappa shape index (κ1) is 7.67. The second kappa shape index (κ2) is 2.82. The van der Waals surface area contributed by atoms with Crippen LogP contribution in [0.25, 0.3) is 11.5 Å². The van der Waals surface area contributed by atoms with Crippen molar-refractivity contribution in [3.63, 3.8) is 0 Å². The van der Waals surface area contributed by atoms with Gasteiger partial charge in [0, 0.05) is 0 Å². The lowest BCUT2D eigenvalue weighted by Gasteiger charge is -1.88. The summed E-state index contributed by atoms with van der Waals surface area (Å²) in [4.78, 5) is 10.7. The molecule has 66 valence electrons. The van der Waals surface area contributed by atoms with E-state index in [-0.39, 0.29) is 5.76 Å². The Morgan fingerprint density at radius 2 is 2.08 bits per heavy atom. The van der Waals surface area contributed by atoms with Crippen LogP contribution in [-0.4, -0.2) is 5.91 Å². The summed E-state index contributed by atoms with van der Waals surface area (Å²) in [6.07, 6.45) is 1.53. The van der Waals surface area contributed by atoms with Crippen LogP contribution in [0.2, 0.25) is 0 Å². The Hall–Kier alpha value is -1.97. The summed E-state index contributed by atoms with van der Waals surface area (Å²) in [5.74, 6) is 0.621. The Morgan fingerprint density at radius 1 is 1.23 bits per heavy atom. The fraction of sp³-hybridized carbons (Fsp3) is 0. The fourth-order valence-corrected chi connectivity index (χ4v) is 1.02. The molecule has 2 heterocycles. The molecule has 0 saturated heterocycles. The molecule has 4 nitrogen and oxygen atoms in total. The number of carbonyl (C=O) groups is 1. The summed E-state index contributed by atoms with van der Waals surface area (Å²) in [5, 5.41) is 0. The highest BCUT2D eigenvalue weighted by Crippen LogP contribution is 2.21. The molecule has 2 aromatic heterocycles. The third-order valence-electron chi connectivity index (χ3n) is 1.61. The Balaban J connectivity index is 2.39. The van der Waals surface area contributed by atoms with Crippen molar-refractivity contribution < 1.29 is 13.6 Å². The van der Waals surface area contributed by atoms with Crippen molar-refractivity contribution in [3.8, 4) is 11.5 Å². The van der Waals surface area contributed by atoms with Crippen LogP contribution in [0.15, 0.2) is 39.4 Å². The third-order valence-corrected chi connectivity index (χ3v) is 1.61. The van der Waals surface area contributed by atoms with Crippen molar-refractivity contribution in [2.24, 2.45) is 5.73 Å². The molecule has 0 spiro atoms. The molecule has 0 radical (unpaired) electrons. The van der Waals surface area contributed by atoms with Crippen LogP contribution in [0.3, 0.4) is 0 Å². The Bertz CT molecular complexity index is 414. The van der Waals surface area contributed by atoms with E-state index in [0.29, 0.717) is 11.5 Å². The van der Waals surface area contributed by atoms with Gasteiger partial charge in [0.1, 0.15) is 0 Å². The van der Waals surface area contributed by atoms with E-state index in [0.717, 1.165) is 0 Å². The van der Waals surface area contributed by atoms with Gasteiger partial charge in [-0.05, 0) is 24.3 Å². The van der Waals surface area contributed by atoms with E-state index in [2.05, 4.69) is 0 Å². The number of rotatable bonds is 2. The molecule has 2 N–H and O–H groups in total. The normalized spacial score (nSPS) is 10.2.